The Bertz CT molecular complexity index is 122. The van der Waals surface area contributed by atoms with E-state index < -0.39 is 0 Å². The summed E-state index contributed by atoms with van der Waals surface area (Å²) >= 11 is 4.25. The van der Waals surface area contributed by atoms with Gasteiger partial charge in [-0.1, -0.05) is 9.39 Å². The lowest BCUT2D eigenvalue weighted by Crippen LogP contribution is -2.19. The molecule has 1 aliphatic heterocycles. The van der Waals surface area contributed by atoms with E-state index >= 15 is 0 Å². The van der Waals surface area contributed by atoms with Crippen molar-refractivity contribution < 1.29 is 4.79 Å². The van der Waals surface area contributed by atoms with Gasteiger partial charge in [0.05, 0.1) is 6.04 Å². The maximum absolute atomic E-state index is 10.3. The summed E-state index contributed by atoms with van der Waals surface area (Å²) in [6, 6.07) is 0.0810. The zero-order chi connectivity index (χ0) is 6.85. The number of hydrogen-bond acceptors (Lipinski definition) is 3. The van der Waals surface area contributed by atoms with Crippen LogP contribution in [-0.2, 0) is 4.79 Å². The molecular formula is C5H10NOPS. The highest BCUT2D eigenvalue weighted by Crippen LogP contribution is 2.22. The molecule has 0 bridgehead atoms. The molecule has 1 fully saturated rings. The maximum atomic E-state index is 10.3. The zero-order valence-electron chi connectivity index (χ0n) is 5.03. The first-order chi connectivity index (χ1) is 4.24. The first-order valence-corrected chi connectivity index (χ1v) is 3.92. The topological polar surface area (TPSA) is 20.3 Å². The number of hydrogen-bond donors (Lipinski definition) is 1. The lowest BCUT2D eigenvalue weighted by molar-refractivity contribution is -0.110. The van der Waals surface area contributed by atoms with Crippen LogP contribution in [0, 0.1) is 0 Å². The summed E-state index contributed by atoms with van der Waals surface area (Å²) in [4.78, 5) is 10.3. The minimum Gasteiger partial charge on any atom is -0.302 e. The van der Waals surface area contributed by atoms with Gasteiger partial charge < -0.3 is 4.79 Å². The number of carbonyl (C=O) groups excluding carboxylic acids is 1. The van der Waals surface area contributed by atoms with Gasteiger partial charge in [-0.25, -0.2) is 0 Å². The predicted octanol–water partition coefficient (Wildman–Crippen LogP) is 0.348. The summed E-state index contributed by atoms with van der Waals surface area (Å²) in [7, 11) is 2.53. The largest absolute Gasteiger partial charge is 0.302 e. The van der Waals surface area contributed by atoms with Gasteiger partial charge in [0.2, 0.25) is 0 Å². The average molecular weight is 163 g/mol. The van der Waals surface area contributed by atoms with E-state index in [1.165, 1.54) is 0 Å². The van der Waals surface area contributed by atoms with Crippen LogP contribution in [0.25, 0.3) is 0 Å². The normalized spacial score (nSPS) is 37.1. The lowest BCUT2D eigenvalue weighted by atomic mass is 10.2. The van der Waals surface area contributed by atoms with Crippen molar-refractivity contribution in [2.24, 2.45) is 0 Å². The van der Waals surface area contributed by atoms with E-state index in [4.69, 9.17) is 0 Å². The SMILES string of the molecule is O=C[C@@H]1C[C@@H](S)CN1P. The van der Waals surface area contributed by atoms with Crippen molar-refractivity contribution in [3.63, 3.8) is 0 Å². The smallest absolute Gasteiger partial charge is 0.137 e. The number of carbonyl (C=O) groups is 1. The van der Waals surface area contributed by atoms with Crippen LogP contribution in [0.1, 0.15) is 6.42 Å². The number of rotatable bonds is 1. The predicted molar refractivity (Wildman–Crippen MR) is 43.7 cm³/mol. The van der Waals surface area contributed by atoms with E-state index in [0.717, 1.165) is 19.3 Å². The van der Waals surface area contributed by atoms with Crippen molar-refractivity contribution in [2.75, 3.05) is 6.54 Å². The molecule has 3 atom stereocenters. The van der Waals surface area contributed by atoms with Gasteiger partial charge in [0, 0.05) is 11.8 Å². The molecule has 1 rings (SSSR count). The van der Waals surface area contributed by atoms with E-state index in [1.54, 1.807) is 0 Å². The molecule has 0 aromatic heterocycles. The van der Waals surface area contributed by atoms with E-state index in [-0.39, 0.29) is 6.04 Å². The highest BCUT2D eigenvalue weighted by molar-refractivity contribution is 7.81. The highest BCUT2D eigenvalue weighted by atomic mass is 32.1. The third-order valence-electron chi connectivity index (χ3n) is 1.52. The van der Waals surface area contributed by atoms with E-state index in [2.05, 4.69) is 22.0 Å². The second-order valence-electron chi connectivity index (χ2n) is 2.29. The van der Waals surface area contributed by atoms with Crippen LogP contribution >= 0.6 is 22.0 Å². The summed E-state index contributed by atoms with van der Waals surface area (Å²) in [5.74, 6) is 0. The van der Waals surface area contributed by atoms with Gasteiger partial charge in [-0.3, -0.25) is 4.67 Å². The second-order valence-corrected chi connectivity index (χ2v) is 3.68. The van der Waals surface area contributed by atoms with Gasteiger partial charge in [0.25, 0.3) is 0 Å². The Labute approximate surface area is 62.7 Å². The molecule has 0 spiro atoms. The number of nitrogens with zero attached hydrogens (tertiary/aromatic N) is 1. The van der Waals surface area contributed by atoms with Crippen LogP contribution in [0.5, 0.6) is 0 Å². The molecular weight excluding hydrogens is 153 g/mol. The average Bonchev–Trinajstić information content (AvgIpc) is 2.10. The monoisotopic (exact) mass is 163 g/mol. The molecule has 0 saturated carbocycles. The summed E-state index contributed by atoms with van der Waals surface area (Å²) in [5.41, 5.74) is 0. The van der Waals surface area contributed by atoms with Crippen LogP contribution in [0.4, 0.5) is 0 Å². The molecule has 4 heteroatoms. The van der Waals surface area contributed by atoms with Crippen molar-refractivity contribution in [1.82, 2.24) is 4.67 Å². The molecule has 2 nitrogen and oxygen atoms in total. The summed E-state index contributed by atoms with van der Waals surface area (Å²) in [6.07, 6.45) is 1.86. The Balaban J connectivity index is 2.47. The molecule has 0 radical (unpaired) electrons. The van der Waals surface area contributed by atoms with Crippen LogP contribution in [0.3, 0.4) is 0 Å². The quantitative estimate of drug-likeness (QED) is 0.342. The van der Waals surface area contributed by atoms with E-state index in [1.807, 2.05) is 4.67 Å². The third-order valence-corrected chi connectivity index (χ3v) is 2.49. The molecule has 52 valence electrons. The molecule has 1 heterocycles. The number of aldehydes is 1. The minimum absolute atomic E-state index is 0.0810. The fraction of sp³-hybridized carbons (Fsp3) is 0.800. The van der Waals surface area contributed by atoms with Gasteiger partial charge in [0.1, 0.15) is 6.29 Å². The van der Waals surface area contributed by atoms with Crippen molar-refractivity contribution >= 4 is 28.3 Å². The molecule has 0 aromatic carbocycles. The van der Waals surface area contributed by atoms with Gasteiger partial charge in [0.15, 0.2) is 0 Å². The lowest BCUT2D eigenvalue weighted by Gasteiger charge is -2.10. The summed E-state index contributed by atoms with van der Waals surface area (Å²) in [5, 5.41) is 0.373. The van der Waals surface area contributed by atoms with Crippen molar-refractivity contribution in [1.29, 1.82) is 0 Å². The second kappa shape index (κ2) is 3.00. The molecule has 0 N–H and O–H groups in total. The summed E-state index contributed by atoms with van der Waals surface area (Å²) in [6.45, 7) is 0.900. The maximum Gasteiger partial charge on any atom is 0.137 e. The van der Waals surface area contributed by atoms with Crippen LogP contribution in [-0.4, -0.2) is 28.8 Å². The van der Waals surface area contributed by atoms with E-state index in [0.29, 0.717) is 5.25 Å². The molecule has 0 aromatic rings. The zero-order valence-corrected chi connectivity index (χ0v) is 7.08. The van der Waals surface area contributed by atoms with Crippen LogP contribution in [0.2, 0.25) is 0 Å². The van der Waals surface area contributed by atoms with Crippen LogP contribution < -0.4 is 0 Å². The van der Waals surface area contributed by atoms with Gasteiger partial charge in [-0.2, -0.15) is 12.6 Å². The highest BCUT2D eigenvalue weighted by Gasteiger charge is 2.26. The Morgan fingerprint density at radius 1 is 1.78 bits per heavy atom. The third kappa shape index (κ3) is 1.66. The Morgan fingerprint density at radius 3 is 2.67 bits per heavy atom. The molecule has 9 heavy (non-hydrogen) atoms. The van der Waals surface area contributed by atoms with E-state index in [9.17, 15) is 4.79 Å². The van der Waals surface area contributed by atoms with Gasteiger partial charge in [-0.15, -0.1) is 0 Å². The van der Waals surface area contributed by atoms with Crippen molar-refractivity contribution in [3.8, 4) is 0 Å². The minimum atomic E-state index is 0.0810. The van der Waals surface area contributed by atoms with Crippen LogP contribution in [0.15, 0.2) is 0 Å². The van der Waals surface area contributed by atoms with Gasteiger partial charge >= 0.3 is 0 Å². The Kier molecular flexibility index (Phi) is 2.50. The first kappa shape index (κ1) is 7.52. The first-order valence-electron chi connectivity index (χ1n) is 2.88. The Hall–Kier alpha value is 0.410. The molecule has 1 unspecified atom stereocenters. The Morgan fingerprint density at radius 2 is 2.44 bits per heavy atom. The molecule has 1 aliphatic rings. The fourth-order valence-electron chi connectivity index (χ4n) is 1.00. The van der Waals surface area contributed by atoms with Crippen molar-refractivity contribution in [3.05, 3.63) is 0 Å². The fourth-order valence-corrected chi connectivity index (χ4v) is 2.03. The number of thiol groups is 1. The van der Waals surface area contributed by atoms with Gasteiger partial charge in [-0.05, 0) is 6.42 Å². The molecule has 0 amide bonds. The van der Waals surface area contributed by atoms with Crippen molar-refractivity contribution in [2.45, 2.75) is 17.7 Å². The standard InChI is InChI=1S/C5H10NOPS/c7-3-4-1-5(9)2-6(4)8/h3-5,9H,1-2,8H2/t4-,5+/m0/s1. The molecule has 0 aliphatic carbocycles. The molecule has 1 saturated heterocycles. The summed E-state index contributed by atoms with van der Waals surface area (Å²) < 4.78 is 1.95.